The molecule has 0 aromatic heterocycles. The summed E-state index contributed by atoms with van der Waals surface area (Å²) in [6.45, 7) is 2.27. The van der Waals surface area contributed by atoms with Crippen molar-refractivity contribution in [2.45, 2.75) is 38.6 Å². The van der Waals surface area contributed by atoms with Crippen LogP contribution in [0, 0.1) is 0 Å². The summed E-state index contributed by atoms with van der Waals surface area (Å²) in [4.78, 5) is 0. The van der Waals surface area contributed by atoms with Crippen molar-refractivity contribution in [1.82, 2.24) is 0 Å². The molecule has 0 saturated heterocycles. The molecule has 1 heteroatoms. The second-order valence-corrected chi connectivity index (χ2v) is 5.54. The Bertz CT molecular complexity index is 284. The van der Waals surface area contributed by atoms with Crippen LogP contribution in [-0.4, -0.2) is 25.6 Å². The first-order valence-electron chi connectivity index (χ1n) is 6.41. The monoisotopic (exact) mass is 220 g/mol. The lowest BCUT2D eigenvalue weighted by molar-refractivity contribution is -0.902. The van der Waals surface area contributed by atoms with Gasteiger partial charge in [0.2, 0.25) is 0 Å². The Hall–Kier alpha value is -0.820. The molecule has 1 aromatic carbocycles. The number of nitrogens with zero attached hydrogens (tertiary/aromatic N) is 1. The molecule has 1 atom stereocenters. The number of benzene rings is 1. The average molecular weight is 220 g/mol. The predicted molar refractivity (Wildman–Crippen MR) is 71.4 cm³/mol. The summed E-state index contributed by atoms with van der Waals surface area (Å²) in [7, 11) is 6.89. The molecule has 0 aliphatic rings. The molecule has 1 rings (SSSR count). The summed E-state index contributed by atoms with van der Waals surface area (Å²) in [5.74, 6) is 0. The minimum atomic E-state index is 0.632. The van der Waals surface area contributed by atoms with Gasteiger partial charge in [-0.25, -0.2) is 0 Å². The third-order valence-electron chi connectivity index (χ3n) is 3.20. The van der Waals surface area contributed by atoms with Crippen LogP contribution in [0.5, 0.6) is 0 Å². The van der Waals surface area contributed by atoms with E-state index in [4.69, 9.17) is 0 Å². The number of hydrogen-bond donors (Lipinski definition) is 0. The van der Waals surface area contributed by atoms with Crippen molar-refractivity contribution in [3.05, 3.63) is 35.9 Å². The fourth-order valence-corrected chi connectivity index (χ4v) is 2.26. The fourth-order valence-electron chi connectivity index (χ4n) is 2.26. The molecule has 1 aromatic rings. The van der Waals surface area contributed by atoms with Gasteiger partial charge >= 0.3 is 0 Å². The van der Waals surface area contributed by atoms with Crippen LogP contribution in [0.15, 0.2) is 30.3 Å². The number of unbranched alkanes of at least 4 members (excludes halogenated alkanes) is 2. The molecule has 16 heavy (non-hydrogen) atoms. The second-order valence-electron chi connectivity index (χ2n) is 5.54. The van der Waals surface area contributed by atoms with Crippen LogP contribution in [0.2, 0.25) is 0 Å². The van der Waals surface area contributed by atoms with E-state index in [-0.39, 0.29) is 0 Å². The third kappa shape index (κ3) is 3.97. The van der Waals surface area contributed by atoms with Crippen LogP contribution >= 0.6 is 0 Å². The number of hydrogen-bond acceptors (Lipinski definition) is 0. The SMILES string of the molecule is CCCCCC(c1ccccc1)[N+](C)(C)C. The molecule has 0 fully saturated rings. The van der Waals surface area contributed by atoms with E-state index >= 15 is 0 Å². The van der Waals surface area contributed by atoms with Crippen LogP contribution in [0.25, 0.3) is 0 Å². The van der Waals surface area contributed by atoms with E-state index in [2.05, 4.69) is 58.4 Å². The first kappa shape index (κ1) is 13.2. The Morgan fingerprint density at radius 3 is 2.12 bits per heavy atom. The molecule has 0 amide bonds. The van der Waals surface area contributed by atoms with Crippen molar-refractivity contribution in [3.8, 4) is 0 Å². The number of rotatable bonds is 6. The lowest BCUT2D eigenvalue weighted by Gasteiger charge is -2.34. The first-order valence-corrected chi connectivity index (χ1v) is 6.41. The first-order chi connectivity index (χ1) is 7.55. The highest BCUT2D eigenvalue weighted by molar-refractivity contribution is 5.17. The summed E-state index contributed by atoms with van der Waals surface area (Å²) >= 11 is 0. The molecule has 1 nitrogen and oxygen atoms in total. The highest BCUT2D eigenvalue weighted by Crippen LogP contribution is 2.28. The van der Waals surface area contributed by atoms with Gasteiger partial charge in [0.15, 0.2) is 0 Å². The van der Waals surface area contributed by atoms with Crippen LogP contribution in [0.3, 0.4) is 0 Å². The van der Waals surface area contributed by atoms with Crippen molar-refractivity contribution in [3.63, 3.8) is 0 Å². The largest absolute Gasteiger partial charge is 0.325 e. The summed E-state index contributed by atoms with van der Waals surface area (Å²) in [5.41, 5.74) is 1.48. The zero-order chi connectivity index (χ0) is 12.0. The van der Waals surface area contributed by atoms with E-state index in [9.17, 15) is 0 Å². The molecule has 0 spiro atoms. The van der Waals surface area contributed by atoms with Gasteiger partial charge in [-0.3, -0.25) is 0 Å². The molecule has 0 heterocycles. The lowest BCUT2D eigenvalue weighted by atomic mass is 9.98. The van der Waals surface area contributed by atoms with E-state index in [1.807, 2.05) is 0 Å². The quantitative estimate of drug-likeness (QED) is 0.502. The van der Waals surface area contributed by atoms with Gasteiger partial charge in [-0.05, 0) is 6.42 Å². The fraction of sp³-hybridized carbons (Fsp3) is 0.600. The van der Waals surface area contributed by atoms with Crippen molar-refractivity contribution in [2.24, 2.45) is 0 Å². The van der Waals surface area contributed by atoms with Gasteiger partial charge in [0.1, 0.15) is 6.04 Å². The van der Waals surface area contributed by atoms with Crippen LogP contribution in [0.1, 0.15) is 44.2 Å². The molecule has 0 aliphatic carbocycles. The minimum absolute atomic E-state index is 0.632. The molecule has 0 saturated carbocycles. The van der Waals surface area contributed by atoms with Crippen molar-refractivity contribution in [2.75, 3.05) is 21.1 Å². The van der Waals surface area contributed by atoms with Gasteiger partial charge in [0.05, 0.1) is 21.1 Å². The maximum atomic E-state index is 2.30. The van der Waals surface area contributed by atoms with Crippen molar-refractivity contribution < 1.29 is 4.48 Å². The summed E-state index contributed by atoms with van der Waals surface area (Å²) < 4.78 is 1.02. The van der Waals surface area contributed by atoms with E-state index in [1.54, 1.807) is 0 Å². The maximum Gasteiger partial charge on any atom is 0.114 e. The minimum Gasteiger partial charge on any atom is -0.325 e. The van der Waals surface area contributed by atoms with Gasteiger partial charge in [-0.2, -0.15) is 0 Å². The zero-order valence-corrected chi connectivity index (χ0v) is 11.2. The maximum absolute atomic E-state index is 2.30. The predicted octanol–water partition coefficient (Wildman–Crippen LogP) is 4.01. The molecule has 1 unspecified atom stereocenters. The van der Waals surface area contributed by atoms with Gasteiger partial charge in [-0.1, -0.05) is 50.1 Å². The molecular formula is C15H26N+. The summed E-state index contributed by atoms with van der Waals surface area (Å²) in [5, 5.41) is 0. The number of quaternary nitrogens is 1. The van der Waals surface area contributed by atoms with Crippen LogP contribution < -0.4 is 0 Å². The van der Waals surface area contributed by atoms with E-state index in [1.165, 1.54) is 31.2 Å². The highest BCUT2D eigenvalue weighted by atomic mass is 15.3. The molecule has 0 radical (unpaired) electrons. The zero-order valence-electron chi connectivity index (χ0n) is 11.2. The molecule has 0 N–H and O–H groups in total. The van der Waals surface area contributed by atoms with E-state index < -0.39 is 0 Å². The topological polar surface area (TPSA) is 0 Å². The van der Waals surface area contributed by atoms with E-state index in [0.29, 0.717) is 6.04 Å². The highest BCUT2D eigenvalue weighted by Gasteiger charge is 2.24. The van der Waals surface area contributed by atoms with E-state index in [0.717, 1.165) is 4.48 Å². The lowest BCUT2D eigenvalue weighted by Crippen LogP contribution is -2.38. The summed E-state index contributed by atoms with van der Waals surface area (Å²) in [6.07, 6.45) is 5.29. The smallest absolute Gasteiger partial charge is 0.114 e. The molecule has 90 valence electrons. The van der Waals surface area contributed by atoms with Gasteiger partial charge in [0.25, 0.3) is 0 Å². The normalized spacial score (nSPS) is 13.8. The van der Waals surface area contributed by atoms with Gasteiger partial charge in [0, 0.05) is 12.0 Å². The Morgan fingerprint density at radius 2 is 1.62 bits per heavy atom. The Morgan fingerprint density at radius 1 is 1.00 bits per heavy atom. The van der Waals surface area contributed by atoms with Gasteiger partial charge < -0.3 is 4.48 Å². The van der Waals surface area contributed by atoms with Crippen LogP contribution in [-0.2, 0) is 0 Å². The van der Waals surface area contributed by atoms with Crippen LogP contribution in [0.4, 0.5) is 0 Å². The molecular weight excluding hydrogens is 194 g/mol. The standard InChI is InChI=1S/C15H26N/c1-5-6-8-13-15(16(2,3)4)14-11-9-7-10-12-14/h7,9-12,15H,5-6,8,13H2,1-4H3/q+1. The average Bonchev–Trinajstić information content (AvgIpc) is 2.24. The molecule has 0 aliphatic heterocycles. The Balaban J connectivity index is 2.73. The van der Waals surface area contributed by atoms with Gasteiger partial charge in [-0.15, -0.1) is 0 Å². The Labute approximate surface area is 101 Å². The summed E-state index contributed by atoms with van der Waals surface area (Å²) in [6, 6.07) is 11.6. The van der Waals surface area contributed by atoms with Crippen molar-refractivity contribution in [1.29, 1.82) is 0 Å². The third-order valence-corrected chi connectivity index (χ3v) is 3.20. The Kier molecular flexibility index (Phi) is 5.01. The van der Waals surface area contributed by atoms with Crippen molar-refractivity contribution >= 4 is 0 Å². The second kappa shape index (κ2) is 6.05. The molecule has 0 bridgehead atoms.